The van der Waals surface area contributed by atoms with Gasteiger partial charge in [-0.1, -0.05) is 0 Å². The van der Waals surface area contributed by atoms with Gasteiger partial charge in [0.25, 0.3) is 5.78 Å². The summed E-state index contributed by atoms with van der Waals surface area (Å²) >= 11 is 0. The second-order valence-corrected chi connectivity index (χ2v) is 2.26. The third-order valence-electron chi connectivity index (χ3n) is 1.34. The first-order valence-electron chi connectivity index (χ1n) is 3.25. The minimum Gasteiger partial charge on any atom is -0.383 e. The highest BCUT2D eigenvalue weighted by molar-refractivity contribution is 6.03. The molecule has 1 rings (SSSR count). The zero-order valence-corrected chi connectivity index (χ0v) is 6.30. The first-order valence-corrected chi connectivity index (χ1v) is 3.25. The summed E-state index contributed by atoms with van der Waals surface area (Å²) in [6.07, 6.45) is -3.69. The van der Waals surface area contributed by atoms with E-state index in [1.54, 1.807) is 0 Å². The number of nitrogens with two attached hydrogens (primary N) is 1. The predicted octanol–water partition coefficient (Wildman–Crippen LogP) is 1.41. The van der Waals surface area contributed by atoms with Crippen molar-refractivity contribution in [1.29, 1.82) is 0 Å². The molecule has 3 nitrogen and oxygen atoms in total. The van der Waals surface area contributed by atoms with Crippen molar-refractivity contribution in [2.45, 2.75) is 6.18 Å². The lowest BCUT2D eigenvalue weighted by atomic mass is 10.1. The molecule has 0 saturated heterocycles. The molecule has 0 atom stereocenters. The molecule has 1 aromatic heterocycles. The Morgan fingerprint density at radius 2 is 2.08 bits per heavy atom. The topological polar surface area (TPSA) is 56.0 Å². The van der Waals surface area contributed by atoms with Gasteiger partial charge >= 0.3 is 6.18 Å². The summed E-state index contributed by atoms with van der Waals surface area (Å²) in [7, 11) is 0. The summed E-state index contributed by atoms with van der Waals surface area (Å²) in [6.45, 7) is 0. The summed E-state index contributed by atoms with van der Waals surface area (Å²) < 4.78 is 35.6. The summed E-state index contributed by atoms with van der Waals surface area (Å²) in [4.78, 5) is 14.0. The van der Waals surface area contributed by atoms with Crippen molar-refractivity contribution < 1.29 is 18.0 Å². The SMILES string of the molecule is Nc1ncccc1C(=O)C(F)(F)F. The zero-order chi connectivity index (χ0) is 10.1. The van der Waals surface area contributed by atoms with Crippen LogP contribution < -0.4 is 5.73 Å². The van der Waals surface area contributed by atoms with Gasteiger partial charge in [0.2, 0.25) is 0 Å². The van der Waals surface area contributed by atoms with E-state index in [1.165, 1.54) is 12.3 Å². The minimum atomic E-state index is -4.91. The number of pyridine rings is 1. The van der Waals surface area contributed by atoms with Crippen LogP contribution in [0.15, 0.2) is 18.3 Å². The maximum atomic E-state index is 11.9. The van der Waals surface area contributed by atoms with E-state index in [9.17, 15) is 18.0 Å². The molecule has 70 valence electrons. The standard InChI is InChI=1S/C7H5F3N2O/c8-7(9,10)5(13)4-2-1-3-12-6(4)11/h1-3H,(H2,11,12). The third kappa shape index (κ3) is 1.95. The van der Waals surface area contributed by atoms with Crippen molar-refractivity contribution in [3.63, 3.8) is 0 Å². The lowest BCUT2D eigenvalue weighted by Crippen LogP contribution is -2.24. The number of hydrogen-bond acceptors (Lipinski definition) is 3. The van der Waals surface area contributed by atoms with E-state index in [1.807, 2.05) is 0 Å². The molecule has 0 unspecified atom stereocenters. The molecule has 0 amide bonds. The number of aromatic nitrogens is 1. The molecular formula is C7H5F3N2O. The Hall–Kier alpha value is -1.59. The normalized spacial score (nSPS) is 11.3. The van der Waals surface area contributed by atoms with Gasteiger partial charge < -0.3 is 5.73 Å². The highest BCUT2D eigenvalue weighted by atomic mass is 19.4. The number of carbonyl (C=O) groups is 1. The summed E-state index contributed by atoms with van der Waals surface area (Å²) in [6, 6.07) is 2.20. The van der Waals surface area contributed by atoms with Crippen molar-refractivity contribution in [3.8, 4) is 0 Å². The van der Waals surface area contributed by atoms with Crippen LogP contribution in [-0.2, 0) is 0 Å². The van der Waals surface area contributed by atoms with Crippen LogP contribution in [0.1, 0.15) is 10.4 Å². The Morgan fingerprint density at radius 3 is 2.54 bits per heavy atom. The molecule has 0 spiro atoms. The molecule has 0 radical (unpaired) electrons. The molecule has 0 aliphatic carbocycles. The molecule has 0 aliphatic heterocycles. The van der Waals surface area contributed by atoms with Crippen molar-refractivity contribution in [2.75, 3.05) is 5.73 Å². The second-order valence-electron chi connectivity index (χ2n) is 2.26. The van der Waals surface area contributed by atoms with E-state index < -0.39 is 23.3 Å². The molecule has 0 bridgehead atoms. The van der Waals surface area contributed by atoms with E-state index >= 15 is 0 Å². The average molecular weight is 190 g/mol. The molecule has 0 saturated carbocycles. The van der Waals surface area contributed by atoms with Gasteiger partial charge in [-0.25, -0.2) is 4.98 Å². The van der Waals surface area contributed by atoms with Crippen LogP contribution in [0.3, 0.4) is 0 Å². The zero-order valence-electron chi connectivity index (χ0n) is 6.30. The number of halogens is 3. The van der Waals surface area contributed by atoms with Gasteiger partial charge in [-0.2, -0.15) is 13.2 Å². The molecule has 1 aromatic rings. The van der Waals surface area contributed by atoms with Gasteiger partial charge in [0, 0.05) is 6.20 Å². The van der Waals surface area contributed by atoms with Gasteiger partial charge in [0.15, 0.2) is 0 Å². The molecule has 0 aromatic carbocycles. The molecular weight excluding hydrogens is 185 g/mol. The molecule has 0 fully saturated rings. The molecule has 6 heteroatoms. The maximum Gasteiger partial charge on any atom is 0.455 e. The highest BCUT2D eigenvalue weighted by Gasteiger charge is 2.40. The van der Waals surface area contributed by atoms with E-state index in [0.29, 0.717) is 0 Å². The van der Waals surface area contributed by atoms with Gasteiger partial charge in [-0.15, -0.1) is 0 Å². The number of rotatable bonds is 1. The van der Waals surface area contributed by atoms with Crippen LogP contribution in [-0.4, -0.2) is 16.9 Å². The first kappa shape index (κ1) is 9.50. The Kier molecular flexibility index (Phi) is 2.22. The number of alkyl halides is 3. The summed E-state index contributed by atoms with van der Waals surface area (Å²) in [5.74, 6) is -2.39. The van der Waals surface area contributed by atoms with E-state index in [2.05, 4.69) is 4.98 Å². The fraction of sp³-hybridized carbons (Fsp3) is 0.143. The van der Waals surface area contributed by atoms with Crippen LogP contribution in [0.4, 0.5) is 19.0 Å². The Balaban J connectivity index is 3.10. The largest absolute Gasteiger partial charge is 0.455 e. The molecule has 13 heavy (non-hydrogen) atoms. The monoisotopic (exact) mass is 190 g/mol. The van der Waals surface area contributed by atoms with Gasteiger partial charge in [-0.05, 0) is 12.1 Å². The van der Waals surface area contributed by atoms with E-state index in [-0.39, 0.29) is 0 Å². The maximum absolute atomic E-state index is 11.9. The Labute approximate surface area is 71.4 Å². The fourth-order valence-electron chi connectivity index (χ4n) is 0.762. The summed E-state index contributed by atoms with van der Waals surface area (Å²) in [5, 5.41) is 0. The number of hydrogen-bond donors (Lipinski definition) is 1. The predicted molar refractivity (Wildman–Crippen MR) is 39.0 cm³/mol. The molecule has 1 heterocycles. The highest BCUT2D eigenvalue weighted by Crippen LogP contribution is 2.23. The number of nitrogens with zero attached hydrogens (tertiary/aromatic N) is 1. The lowest BCUT2D eigenvalue weighted by molar-refractivity contribution is -0.0884. The number of carbonyl (C=O) groups excluding carboxylic acids is 1. The number of Topliss-reactive ketones (excluding diaryl/α,β-unsaturated/α-hetero) is 1. The van der Waals surface area contributed by atoms with Gasteiger partial charge in [-0.3, -0.25) is 4.79 Å². The van der Waals surface area contributed by atoms with E-state index in [4.69, 9.17) is 5.73 Å². The fourth-order valence-corrected chi connectivity index (χ4v) is 0.762. The number of ketones is 1. The van der Waals surface area contributed by atoms with Crippen molar-refractivity contribution in [2.24, 2.45) is 0 Å². The smallest absolute Gasteiger partial charge is 0.383 e. The lowest BCUT2D eigenvalue weighted by Gasteiger charge is -2.05. The molecule has 0 aliphatic rings. The minimum absolute atomic E-state index is 0.412. The number of nitrogen functional groups attached to an aromatic ring is 1. The van der Waals surface area contributed by atoms with Gasteiger partial charge in [0.05, 0.1) is 5.56 Å². The molecule has 2 N–H and O–H groups in total. The Bertz CT molecular complexity index is 335. The van der Waals surface area contributed by atoms with Crippen molar-refractivity contribution in [3.05, 3.63) is 23.9 Å². The van der Waals surface area contributed by atoms with Crippen LogP contribution in [0.5, 0.6) is 0 Å². The number of anilines is 1. The Morgan fingerprint density at radius 1 is 1.46 bits per heavy atom. The van der Waals surface area contributed by atoms with Crippen LogP contribution >= 0.6 is 0 Å². The third-order valence-corrected chi connectivity index (χ3v) is 1.34. The van der Waals surface area contributed by atoms with Crippen molar-refractivity contribution >= 4 is 11.6 Å². The summed E-state index contributed by atoms with van der Waals surface area (Å²) in [5.41, 5.74) is 4.47. The average Bonchev–Trinajstić information content (AvgIpc) is 2.02. The van der Waals surface area contributed by atoms with Crippen LogP contribution in [0, 0.1) is 0 Å². The van der Waals surface area contributed by atoms with Crippen LogP contribution in [0.2, 0.25) is 0 Å². The van der Waals surface area contributed by atoms with E-state index in [0.717, 1.165) is 6.07 Å². The van der Waals surface area contributed by atoms with Crippen molar-refractivity contribution in [1.82, 2.24) is 4.98 Å². The first-order chi connectivity index (χ1) is 5.93. The quantitative estimate of drug-likeness (QED) is 0.681. The van der Waals surface area contributed by atoms with Gasteiger partial charge in [0.1, 0.15) is 5.82 Å². The van der Waals surface area contributed by atoms with Crippen LogP contribution in [0.25, 0.3) is 0 Å². The second kappa shape index (κ2) is 3.04.